The molecule has 3 aromatic carbocycles. The predicted octanol–water partition coefficient (Wildman–Crippen LogP) is 5.47. The number of carbonyl (C=O) groups is 2. The van der Waals surface area contributed by atoms with Gasteiger partial charge in [0.2, 0.25) is 11.8 Å². The van der Waals surface area contributed by atoms with Gasteiger partial charge in [-0.3, -0.25) is 13.9 Å². The molecule has 0 aliphatic carbocycles. The van der Waals surface area contributed by atoms with E-state index in [9.17, 15) is 18.0 Å². The topological polar surface area (TPSA) is 86.8 Å². The van der Waals surface area contributed by atoms with Gasteiger partial charge in [0.15, 0.2) is 0 Å². The van der Waals surface area contributed by atoms with E-state index in [-0.39, 0.29) is 23.3 Å². The van der Waals surface area contributed by atoms with Crippen molar-refractivity contribution in [3.05, 3.63) is 95.0 Å². The lowest BCUT2D eigenvalue weighted by Gasteiger charge is -2.33. The van der Waals surface area contributed by atoms with Gasteiger partial charge >= 0.3 is 0 Å². The normalized spacial score (nSPS) is 12.2. The molecule has 0 saturated carbocycles. The molecule has 214 valence electrons. The highest BCUT2D eigenvalue weighted by molar-refractivity contribution is 7.92. The molecule has 2 amide bonds. The molecular formula is C31H38ClN3O4S. The molecule has 0 unspecified atom stereocenters. The second-order valence-corrected chi connectivity index (χ2v) is 12.5. The van der Waals surface area contributed by atoms with Gasteiger partial charge in [0, 0.05) is 18.1 Å². The van der Waals surface area contributed by atoms with Crippen molar-refractivity contribution in [2.24, 2.45) is 5.92 Å². The Balaban J connectivity index is 1.99. The van der Waals surface area contributed by atoms with E-state index in [2.05, 4.69) is 5.32 Å². The minimum atomic E-state index is -4.13. The highest BCUT2D eigenvalue weighted by atomic mass is 35.5. The first-order valence-corrected chi connectivity index (χ1v) is 15.3. The molecule has 0 bridgehead atoms. The van der Waals surface area contributed by atoms with Crippen LogP contribution in [0.15, 0.2) is 83.8 Å². The third kappa shape index (κ3) is 8.32. The van der Waals surface area contributed by atoms with Crippen LogP contribution in [-0.2, 0) is 26.0 Å². The molecule has 0 radical (unpaired) electrons. The zero-order valence-electron chi connectivity index (χ0n) is 23.5. The van der Waals surface area contributed by atoms with Crippen molar-refractivity contribution in [3.63, 3.8) is 0 Å². The quantitative estimate of drug-likeness (QED) is 0.289. The van der Waals surface area contributed by atoms with Crippen molar-refractivity contribution in [2.45, 2.75) is 51.5 Å². The molecule has 7 nitrogen and oxygen atoms in total. The second-order valence-electron chi connectivity index (χ2n) is 10.2. The summed E-state index contributed by atoms with van der Waals surface area (Å²) in [5.41, 5.74) is 2.33. The standard InChI is InChI=1S/C31H38ClN3O4S/c1-5-29(31(37)33-21-23(2)3)34(20-19-25-9-7-6-8-10-25)30(36)22-35(27-15-11-24(4)12-16-27)40(38,39)28-17-13-26(32)14-18-28/h6-18,23,29H,5,19-22H2,1-4H3,(H,33,37)/t29-/m0/s1. The Kier molecular flexibility index (Phi) is 11.2. The number of amides is 2. The van der Waals surface area contributed by atoms with Gasteiger partial charge in [-0.05, 0) is 67.6 Å². The van der Waals surface area contributed by atoms with Crippen molar-refractivity contribution in [1.29, 1.82) is 0 Å². The lowest BCUT2D eigenvalue weighted by Crippen LogP contribution is -2.53. The van der Waals surface area contributed by atoms with E-state index in [1.54, 1.807) is 24.3 Å². The third-order valence-electron chi connectivity index (χ3n) is 6.56. The summed E-state index contributed by atoms with van der Waals surface area (Å²) < 4.78 is 28.8. The van der Waals surface area contributed by atoms with E-state index in [1.165, 1.54) is 29.2 Å². The van der Waals surface area contributed by atoms with Crippen LogP contribution in [0.25, 0.3) is 0 Å². The van der Waals surface area contributed by atoms with Crippen LogP contribution in [0.3, 0.4) is 0 Å². The minimum absolute atomic E-state index is 0.0165. The summed E-state index contributed by atoms with van der Waals surface area (Å²) in [5, 5.41) is 3.35. The molecular weight excluding hydrogens is 546 g/mol. The van der Waals surface area contributed by atoms with Crippen LogP contribution in [0.5, 0.6) is 0 Å². The number of benzene rings is 3. The van der Waals surface area contributed by atoms with Gasteiger partial charge in [0.1, 0.15) is 12.6 Å². The number of aryl methyl sites for hydroxylation is 1. The van der Waals surface area contributed by atoms with Gasteiger partial charge < -0.3 is 10.2 Å². The number of carbonyl (C=O) groups excluding carboxylic acids is 2. The van der Waals surface area contributed by atoms with Crippen molar-refractivity contribution < 1.29 is 18.0 Å². The number of sulfonamides is 1. The van der Waals surface area contributed by atoms with Crippen molar-refractivity contribution in [2.75, 3.05) is 23.9 Å². The number of nitrogens with one attached hydrogen (secondary N) is 1. The average Bonchev–Trinajstić information content (AvgIpc) is 2.93. The zero-order chi connectivity index (χ0) is 29.3. The monoisotopic (exact) mass is 583 g/mol. The van der Waals surface area contributed by atoms with Gasteiger partial charge in [-0.15, -0.1) is 0 Å². The van der Waals surface area contributed by atoms with E-state index in [0.29, 0.717) is 30.1 Å². The largest absolute Gasteiger partial charge is 0.354 e. The van der Waals surface area contributed by atoms with Gasteiger partial charge in [-0.1, -0.05) is 80.4 Å². The molecule has 3 aromatic rings. The Hall–Kier alpha value is -3.36. The van der Waals surface area contributed by atoms with Crippen LogP contribution in [0.1, 0.15) is 38.3 Å². The van der Waals surface area contributed by atoms with Gasteiger partial charge in [-0.25, -0.2) is 8.42 Å². The van der Waals surface area contributed by atoms with Crippen molar-refractivity contribution in [1.82, 2.24) is 10.2 Å². The zero-order valence-corrected chi connectivity index (χ0v) is 25.1. The van der Waals surface area contributed by atoms with Crippen molar-refractivity contribution in [3.8, 4) is 0 Å². The van der Waals surface area contributed by atoms with E-state index < -0.39 is 28.5 Å². The summed E-state index contributed by atoms with van der Waals surface area (Å²) in [4.78, 5) is 28.8. The van der Waals surface area contributed by atoms with E-state index in [0.717, 1.165) is 15.4 Å². The number of rotatable bonds is 13. The molecule has 0 fully saturated rings. The van der Waals surface area contributed by atoms with E-state index >= 15 is 0 Å². The third-order valence-corrected chi connectivity index (χ3v) is 8.60. The summed E-state index contributed by atoms with van der Waals surface area (Å²) >= 11 is 6.01. The number of anilines is 1. The van der Waals surface area contributed by atoms with Crippen LogP contribution in [0.4, 0.5) is 5.69 Å². The Labute approximate surface area is 243 Å². The smallest absolute Gasteiger partial charge is 0.264 e. The second kappa shape index (κ2) is 14.3. The molecule has 40 heavy (non-hydrogen) atoms. The van der Waals surface area contributed by atoms with Gasteiger partial charge in [-0.2, -0.15) is 0 Å². The van der Waals surface area contributed by atoms with Crippen LogP contribution in [-0.4, -0.2) is 50.8 Å². The number of hydrogen-bond donors (Lipinski definition) is 1. The first-order chi connectivity index (χ1) is 19.0. The number of halogens is 1. The summed E-state index contributed by atoms with van der Waals surface area (Å²) in [6.07, 6.45) is 0.911. The summed E-state index contributed by atoms with van der Waals surface area (Å²) in [7, 11) is -4.13. The molecule has 1 N–H and O–H groups in total. The van der Waals surface area contributed by atoms with Crippen molar-refractivity contribution >= 4 is 39.1 Å². The van der Waals surface area contributed by atoms with Crippen LogP contribution >= 0.6 is 11.6 Å². The van der Waals surface area contributed by atoms with Crippen LogP contribution in [0, 0.1) is 12.8 Å². The highest BCUT2D eigenvalue weighted by Crippen LogP contribution is 2.26. The van der Waals surface area contributed by atoms with E-state index in [1.807, 2.05) is 58.0 Å². The first-order valence-electron chi connectivity index (χ1n) is 13.5. The molecule has 0 spiro atoms. The fraction of sp³-hybridized carbons (Fsp3) is 0.355. The lowest BCUT2D eigenvalue weighted by molar-refractivity contribution is -0.139. The average molecular weight is 584 g/mol. The van der Waals surface area contributed by atoms with Crippen LogP contribution in [0.2, 0.25) is 5.02 Å². The maximum atomic E-state index is 14.0. The number of nitrogens with zero attached hydrogens (tertiary/aromatic N) is 2. The summed E-state index contributed by atoms with van der Waals surface area (Å²) in [6, 6.07) is 21.7. The SMILES string of the molecule is CC[C@@H](C(=O)NCC(C)C)N(CCc1ccccc1)C(=O)CN(c1ccc(C)cc1)S(=O)(=O)c1ccc(Cl)cc1. The Morgan fingerprint density at radius 3 is 2.12 bits per heavy atom. The summed E-state index contributed by atoms with van der Waals surface area (Å²) in [6.45, 7) is 8.04. The number of hydrogen-bond acceptors (Lipinski definition) is 4. The predicted molar refractivity (Wildman–Crippen MR) is 161 cm³/mol. The molecule has 1 atom stereocenters. The highest BCUT2D eigenvalue weighted by Gasteiger charge is 2.33. The summed E-state index contributed by atoms with van der Waals surface area (Å²) in [5.74, 6) is -0.461. The molecule has 9 heteroatoms. The fourth-order valence-corrected chi connectivity index (χ4v) is 5.83. The fourth-order valence-electron chi connectivity index (χ4n) is 4.29. The van der Waals surface area contributed by atoms with Crippen LogP contribution < -0.4 is 9.62 Å². The molecule has 3 rings (SSSR count). The maximum absolute atomic E-state index is 14.0. The minimum Gasteiger partial charge on any atom is -0.354 e. The van der Waals surface area contributed by atoms with E-state index in [4.69, 9.17) is 11.6 Å². The first kappa shape index (κ1) is 31.2. The molecule has 0 aliphatic heterocycles. The Morgan fingerprint density at radius 2 is 1.55 bits per heavy atom. The molecule has 0 saturated heterocycles. The Bertz CT molecular complexity index is 1360. The lowest BCUT2D eigenvalue weighted by atomic mass is 10.1. The Morgan fingerprint density at radius 1 is 0.925 bits per heavy atom. The molecule has 0 aliphatic rings. The molecule has 0 aromatic heterocycles. The maximum Gasteiger partial charge on any atom is 0.264 e. The van der Waals surface area contributed by atoms with Gasteiger partial charge in [0.05, 0.1) is 10.6 Å². The van der Waals surface area contributed by atoms with Gasteiger partial charge in [0.25, 0.3) is 10.0 Å². The molecule has 0 heterocycles.